The second-order valence-electron chi connectivity index (χ2n) is 6.00. The zero-order valence-electron chi connectivity index (χ0n) is 15.6. The third-order valence-corrected chi connectivity index (χ3v) is 4.22. The molecule has 0 unspecified atom stereocenters. The van der Waals surface area contributed by atoms with Crippen LogP contribution in [0.4, 0.5) is 0 Å². The molecule has 0 spiro atoms. The van der Waals surface area contributed by atoms with Gasteiger partial charge in [0.15, 0.2) is 6.61 Å². The standard InChI is InChI=1S/C20H22ClN3O4/c1-3-14-8-10-15(11-9-14)28-12-18(25)23-24-19(26)13(2)22-20(27)16-6-4-5-7-17(16)21/h4-11,13H,3,12H2,1-2H3,(H,22,27)(H,23,25)(H,24,26)/t13-/m0/s1. The molecular weight excluding hydrogens is 382 g/mol. The summed E-state index contributed by atoms with van der Waals surface area (Å²) in [5, 5.41) is 2.79. The fraction of sp³-hybridized carbons (Fsp3) is 0.250. The molecule has 2 rings (SSSR count). The van der Waals surface area contributed by atoms with Gasteiger partial charge >= 0.3 is 0 Å². The molecule has 0 fully saturated rings. The van der Waals surface area contributed by atoms with Crippen molar-refractivity contribution in [2.45, 2.75) is 26.3 Å². The highest BCUT2D eigenvalue weighted by molar-refractivity contribution is 6.33. The number of halogens is 1. The van der Waals surface area contributed by atoms with Crippen LogP contribution in [0.15, 0.2) is 48.5 Å². The van der Waals surface area contributed by atoms with Gasteiger partial charge < -0.3 is 10.1 Å². The summed E-state index contributed by atoms with van der Waals surface area (Å²) >= 11 is 5.95. The van der Waals surface area contributed by atoms with Crippen LogP contribution in [0.25, 0.3) is 0 Å². The number of rotatable bonds is 7. The molecule has 2 aromatic carbocycles. The summed E-state index contributed by atoms with van der Waals surface area (Å²) < 4.78 is 5.35. The maximum atomic E-state index is 12.1. The summed E-state index contributed by atoms with van der Waals surface area (Å²) in [5.74, 6) is -1.05. The first-order chi connectivity index (χ1) is 13.4. The first kappa shape index (κ1) is 21.2. The van der Waals surface area contributed by atoms with Crippen molar-refractivity contribution in [3.05, 3.63) is 64.7 Å². The maximum Gasteiger partial charge on any atom is 0.276 e. The van der Waals surface area contributed by atoms with Gasteiger partial charge in [0.1, 0.15) is 11.8 Å². The normalized spacial score (nSPS) is 11.2. The van der Waals surface area contributed by atoms with Crippen molar-refractivity contribution in [3.63, 3.8) is 0 Å². The number of hydrogen-bond acceptors (Lipinski definition) is 4. The van der Waals surface area contributed by atoms with E-state index in [0.29, 0.717) is 5.75 Å². The van der Waals surface area contributed by atoms with E-state index < -0.39 is 23.8 Å². The fourth-order valence-electron chi connectivity index (χ4n) is 2.23. The molecule has 0 bridgehead atoms. The minimum absolute atomic E-state index is 0.258. The Morgan fingerprint density at radius 1 is 1.04 bits per heavy atom. The first-order valence-electron chi connectivity index (χ1n) is 8.76. The van der Waals surface area contributed by atoms with Crippen LogP contribution < -0.4 is 20.9 Å². The minimum atomic E-state index is -0.883. The van der Waals surface area contributed by atoms with Crippen molar-refractivity contribution in [3.8, 4) is 5.75 Å². The first-order valence-corrected chi connectivity index (χ1v) is 9.14. The van der Waals surface area contributed by atoms with Crippen molar-refractivity contribution >= 4 is 29.3 Å². The van der Waals surface area contributed by atoms with E-state index in [-0.39, 0.29) is 17.2 Å². The van der Waals surface area contributed by atoms with Gasteiger partial charge in [-0.3, -0.25) is 25.2 Å². The fourth-order valence-corrected chi connectivity index (χ4v) is 2.45. The lowest BCUT2D eigenvalue weighted by Gasteiger charge is -2.15. The number of amides is 3. The molecule has 148 valence electrons. The number of ether oxygens (including phenoxy) is 1. The van der Waals surface area contributed by atoms with Crippen molar-refractivity contribution in [1.82, 2.24) is 16.2 Å². The van der Waals surface area contributed by atoms with Crippen LogP contribution in [0.5, 0.6) is 5.75 Å². The summed E-state index contributed by atoms with van der Waals surface area (Å²) in [6.07, 6.45) is 0.915. The third kappa shape index (κ3) is 6.28. The smallest absolute Gasteiger partial charge is 0.276 e. The number of aryl methyl sites for hydroxylation is 1. The van der Waals surface area contributed by atoms with E-state index in [2.05, 4.69) is 16.2 Å². The quantitative estimate of drug-likeness (QED) is 0.618. The monoisotopic (exact) mass is 403 g/mol. The number of nitrogens with one attached hydrogen (secondary N) is 3. The van der Waals surface area contributed by atoms with Crippen LogP contribution >= 0.6 is 11.6 Å². The molecule has 0 radical (unpaired) electrons. The molecule has 0 aromatic heterocycles. The molecular formula is C20H22ClN3O4. The molecule has 0 aliphatic carbocycles. The van der Waals surface area contributed by atoms with Crippen LogP contribution in [0, 0.1) is 0 Å². The number of carbonyl (C=O) groups is 3. The van der Waals surface area contributed by atoms with E-state index in [1.807, 2.05) is 19.1 Å². The molecule has 7 nitrogen and oxygen atoms in total. The van der Waals surface area contributed by atoms with E-state index in [0.717, 1.165) is 12.0 Å². The molecule has 2 aromatic rings. The Bertz CT molecular complexity index is 840. The Kier molecular flexibility index (Phi) is 7.83. The molecule has 8 heteroatoms. The highest BCUT2D eigenvalue weighted by atomic mass is 35.5. The third-order valence-electron chi connectivity index (χ3n) is 3.89. The van der Waals surface area contributed by atoms with Gasteiger partial charge in [0, 0.05) is 0 Å². The number of benzene rings is 2. The van der Waals surface area contributed by atoms with Gasteiger partial charge in [-0.1, -0.05) is 42.8 Å². The van der Waals surface area contributed by atoms with Crippen LogP contribution in [0.1, 0.15) is 29.8 Å². The average molecular weight is 404 g/mol. The zero-order chi connectivity index (χ0) is 20.5. The molecule has 0 heterocycles. The summed E-state index contributed by atoms with van der Waals surface area (Å²) in [4.78, 5) is 36.0. The molecule has 0 saturated carbocycles. The van der Waals surface area contributed by atoms with Gasteiger partial charge in [0.2, 0.25) is 0 Å². The lowest BCUT2D eigenvalue weighted by Crippen LogP contribution is -2.52. The average Bonchev–Trinajstić information content (AvgIpc) is 2.70. The van der Waals surface area contributed by atoms with Crippen LogP contribution in [-0.2, 0) is 16.0 Å². The SMILES string of the molecule is CCc1ccc(OCC(=O)NNC(=O)[C@H](C)NC(=O)c2ccccc2Cl)cc1. The summed E-state index contributed by atoms with van der Waals surface area (Å²) in [7, 11) is 0. The van der Waals surface area contributed by atoms with Gasteiger partial charge in [-0.25, -0.2) is 0 Å². The van der Waals surface area contributed by atoms with Gasteiger partial charge in [-0.05, 0) is 43.2 Å². The Morgan fingerprint density at radius 3 is 2.36 bits per heavy atom. The highest BCUT2D eigenvalue weighted by Gasteiger charge is 2.18. The van der Waals surface area contributed by atoms with Gasteiger partial charge in [-0.15, -0.1) is 0 Å². The van der Waals surface area contributed by atoms with E-state index in [1.165, 1.54) is 6.92 Å². The van der Waals surface area contributed by atoms with Gasteiger partial charge in [0.25, 0.3) is 17.7 Å². The largest absolute Gasteiger partial charge is 0.484 e. The lowest BCUT2D eigenvalue weighted by atomic mass is 10.2. The van der Waals surface area contributed by atoms with E-state index in [4.69, 9.17) is 16.3 Å². The lowest BCUT2D eigenvalue weighted by molar-refractivity contribution is -0.130. The zero-order valence-corrected chi connectivity index (χ0v) is 16.4. The summed E-state index contributed by atoms with van der Waals surface area (Å²) in [5.41, 5.74) is 5.91. The number of carbonyl (C=O) groups excluding carboxylic acids is 3. The maximum absolute atomic E-state index is 12.1. The summed E-state index contributed by atoms with van der Waals surface area (Å²) in [6, 6.07) is 13.0. The van der Waals surface area contributed by atoms with Crippen molar-refractivity contribution in [1.29, 1.82) is 0 Å². The minimum Gasteiger partial charge on any atom is -0.484 e. The second-order valence-corrected chi connectivity index (χ2v) is 6.41. The molecule has 0 saturated heterocycles. The van der Waals surface area contributed by atoms with E-state index in [9.17, 15) is 14.4 Å². The molecule has 0 aliphatic rings. The number of hydrogen-bond donors (Lipinski definition) is 3. The number of hydrazine groups is 1. The molecule has 3 amide bonds. The topological polar surface area (TPSA) is 96.5 Å². The van der Waals surface area contributed by atoms with Crippen LogP contribution in [0.3, 0.4) is 0 Å². The second kappa shape index (κ2) is 10.3. The molecule has 0 aliphatic heterocycles. The molecule has 1 atom stereocenters. The van der Waals surface area contributed by atoms with E-state index >= 15 is 0 Å². The van der Waals surface area contributed by atoms with E-state index in [1.54, 1.807) is 36.4 Å². The predicted octanol–water partition coefficient (Wildman–Crippen LogP) is 2.25. The van der Waals surface area contributed by atoms with Crippen molar-refractivity contribution in [2.75, 3.05) is 6.61 Å². The Morgan fingerprint density at radius 2 is 1.71 bits per heavy atom. The Hall–Kier alpha value is -3.06. The van der Waals surface area contributed by atoms with Gasteiger partial charge in [0.05, 0.1) is 10.6 Å². The van der Waals surface area contributed by atoms with Crippen LogP contribution in [-0.4, -0.2) is 30.4 Å². The van der Waals surface area contributed by atoms with Crippen molar-refractivity contribution < 1.29 is 19.1 Å². The Labute approximate surface area is 168 Å². The molecule has 28 heavy (non-hydrogen) atoms. The predicted molar refractivity (Wildman–Crippen MR) is 106 cm³/mol. The van der Waals surface area contributed by atoms with Gasteiger partial charge in [-0.2, -0.15) is 0 Å². The van der Waals surface area contributed by atoms with Crippen molar-refractivity contribution in [2.24, 2.45) is 0 Å². The summed E-state index contributed by atoms with van der Waals surface area (Å²) in [6.45, 7) is 3.28. The molecule has 3 N–H and O–H groups in total. The van der Waals surface area contributed by atoms with Crippen LogP contribution in [0.2, 0.25) is 5.02 Å². The Balaban J connectivity index is 1.75. The highest BCUT2D eigenvalue weighted by Crippen LogP contribution is 2.14.